The molecule has 0 amide bonds. The molecule has 4 aromatic rings. The highest BCUT2D eigenvalue weighted by Crippen LogP contribution is 2.14. The van der Waals surface area contributed by atoms with Crippen LogP contribution in [-0.2, 0) is 19.6 Å². The largest absolute Gasteiger partial charge is 0.487 e. The number of guanidine groups is 1. The highest BCUT2D eigenvalue weighted by molar-refractivity contribution is 14.0. The number of ether oxygens (including phenoxy) is 1. The van der Waals surface area contributed by atoms with Crippen LogP contribution in [0.1, 0.15) is 16.8 Å². The fourth-order valence-electron chi connectivity index (χ4n) is 3.31. The fraction of sp³-hybridized carbons (Fsp3) is 0.192. The van der Waals surface area contributed by atoms with Crippen molar-refractivity contribution in [3.05, 3.63) is 108 Å². The topological polar surface area (TPSA) is 76.4 Å². The van der Waals surface area contributed by atoms with Gasteiger partial charge in [0.25, 0.3) is 0 Å². The summed E-state index contributed by atoms with van der Waals surface area (Å²) in [5.74, 6) is 1.60. The monoisotopic (exact) mass is 568 g/mol. The summed E-state index contributed by atoms with van der Waals surface area (Å²) in [6.45, 7) is 1.93. The first kappa shape index (κ1) is 25.2. The summed E-state index contributed by atoms with van der Waals surface area (Å²) in [5, 5.41) is 11.0. The van der Waals surface area contributed by atoms with E-state index in [2.05, 4.69) is 62.1 Å². The summed E-state index contributed by atoms with van der Waals surface area (Å²) in [7, 11) is 1.78. The third-order valence-electron chi connectivity index (χ3n) is 5.13. The second-order valence-electron chi connectivity index (χ2n) is 7.47. The Bertz CT molecular complexity index is 1130. The Hall–Kier alpha value is -3.40. The number of pyridine rings is 1. The molecule has 7 nitrogen and oxygen atoms in total. The molecule has 2 aromatic carbocycles. The lowest BCUT2D eigenvalue weighted by Gasteiger charge is -2.13. The second-order valence-corrected chi connectivity index (χ2v) is 7.47. The Balaban J connectivity index is 0.00000324. The van der Waals surface area contributed by atoms with Crippen molar-refractivity contribution in [3.63, 3.8) is 0 Å². The summed E-state index contributed by atoms with van der Waals surface area (Å²) in [6, 6.07) is 24.2. The molecule has 0 aliphatic heterocycles. The van der Waals surface area contributed by atoms with Gasteiger partial charge in [-0.25, -0.2) is 4.68 Å². The first-order chi connectivity index (χ1) is 16.3. The molecule has 0 bridgehead atoms. The number of aromatic nitrogens is 3. The molecule has 0 fully saturated rings. The Morgan fingerprint density at radius 2 is 1.71 bits per heavy atom. The molecule has 8 heteroatoms. The summed E-state index contributed by atoms with van der Waals surface area (Å²) in [4.78, 5) is 8.58. The van der Waals surface area contributed by atoms with Crippen LogP contribution in [0.3, 0.4) is 0 Å². The molecule has 0 saturated carbocycles. The Morgan fingerprint density at radius 3 is 2.38 bits per heavy atom. The maximum Gasteiger partial charge on any atom is 0.191 e. The molecule has 176 valence electrons. The van der Waals surface area contributed by atoms with Crippen LogP contribution in [0.15, 0.2) is 96.4 Å². The third kappa shape index (κ3) is 7.58. The average Bonchev–Trinajstić information content (AvgIpc) is 3.42. The van der Waals surface area contributed by atoms with Crippen LogP contribution in [-0.4, -0.2) is 34.3 Å². The zero-order valence-electron chi connectivity index (χ0n) is 19.1. The zero-order chi connectivity index (χ0) is 22.7. The minimum Gasteiger partial charge on any atom is -0.487 e. The molecule has 2 heterocycles. The Morgan fingerprint density at radius 1 is 0.912 bits per heavy atom. The standard InChI is InChI=1S/C26H28N6O.HI/c1-27-26(29-17-14-21-6-10-24(11-7-21)32-18-4-16-31-32)30-19-22-8-12-25(13-9-22)33-20-23-5-2-3-15-28-23;/h2-13,15-16,18H,14,17,19-20H2,1H3,(H2,27,29,30);1H. The van der Waals surface area contributed by atoms with Crippen molar-refractivity contribution in [3.8, 4) is 11.4 Å². The van der Waals surface area contributed by atoms with E-state index in [0.717, 1.165) is 41.6 Å². The van der Waals surface area contributed by atoms with Crippen molar-refractivity contribution in [2.45, 2.75) is 19.6 Å². The number of nitrogens with one attached hydrogen (secondary N) is 2. The predicted octanol–water partition coefficient (Wildman–Crippen LogP) is 4.37. The minimum absolute atomic E-state index is 0. The van der Waals surface area contributed by atoms with Gasteiger partial charge in [0.2, 0.25) is 0 Å². The average molecular weight is 568 g/mol. The number of hydrogen-bond acceptors (Lipinski definition) is 4. The van der Waals surface area contributed by atoms with Crippen LogP contribution in [0.4, 0.5) is 0 Å². The van der Waals surface area contributed by atoms with Gasteiger partial charge < -0.3 is 15.4 Å². The van der Waals surface area contributed by atoms with Crippen LogP contribution in [0.2, 0.25) is 0 Å². The molecule has 4 rings (SSSR count). The highest BCUT2D eigenvalue weighted by Gasteiger charge is 2.02. The molecule has 0 aliphatic carbocycles. The first-order valence-electron chi connectivity index (χ1n) is 11.0. The lowest BCUT2D eigenvalue weighted by atomic mass is 10.1. The zero-order valence-corrected chi connectivity index (χ0v) is 21.4. The van der Waals surface area contributed by atoms with E-state index < -0.39 is 0 Å². The minimum atomic E-state index is 0. The van der Waals surface area contributed by atoms with Crippen LogP contribution in [0.25, 0.3) is 5.69 Å². The smallest absolute Gasteiger partial charge is 0.191 e. The fourth-order valence-corrected chi connectivity index (χ4v) is 3.31. The molecular weight excluding hydrogens is 539 g/mol. The van der Waals surface area contributed by atoms with E-state index in [1.807, 2.05) is 47.3 Å². The molecule has 0 aliphatic rings. The lowest BCUT2D eigenvalue weighted by molar-refractivity contribution is 0.301. The molecule has 0 spiro atoms. The van der Waals surface area contributed by atoms with Crippen molar-refractivity contribution >= 4 is 29.9 Å². The van der Waals surface area contributed by atoms with Crippen molar-refractivity contribution in [2.24, 2.45) is 4.99 Å². The lowest BCUT2D eigenvalue weighted by Crippen LogP contribution is -2.37. The number of benzene rings is 2. The van der Waals surface area contributed by atoms with Crippen LogP contribution in [0, 0.1) is 0 Å². The van der Waals surface area contributed by atoms with Gasteiger partial charge >= 0.3 is 0 Å². The number of hydrogen-bond donors (Lipinski definition) is 2. The van der Waals surface area contributed by atoms with Gasteiger partial charge in [0.15, 0.2) is 5.96 Å². The molecular formula is C26H29IN6O. The number of nitrogens with zero attached hydrogens (tertiary/aromatic N) is 4. The van der Waals surface area contributed by atoms with E-state index in [9.17, 15) is 0 Å². The third-order valence-corrected chi connectivity index (χ3v) is 5.13. The van der Waals surface area contributed by atoms with E-state index in [4.69, 9.17) is 4.74 Å². The van der Waals surface area contributed by atoms with E-state index in [1.165, 1.54) is 5.56 Å². The van der Waals surface area contributed by atoms with Gasteiger partial charge in [-0.05, 0) is 60.0 Å². The summed E-state index contributed by atoms with van der Waals surface area (Å²) >= 11 is 0. The SMILES string of the molecule is CN=C(NCCc1ccc(-n2cccn2)cc1)NCc1ccc(OCc2ccccn2)cc1.I. The predicted molar refractivity (Wildman–Crippen MR) is 146 cm³/mol. The number of aliphatic imine (C=N–C) groups is 1. The highest BCUT2D eigenvalue weighted by atomic mass is 127. The molecule has 0 atom stereocenters. The molecule has 0 radical (unpaired) electrons. The van der Waals surface area contributed by atoms with E-state index >= 15 is 0 Å². The quantitative estimate of drug-likeness (QED) is 0.178. The van der Waals surface area contributed by atoms with Crippen LogP contribution >= 0.6 is 24.0 Å². The maximum atomic E-state index is 5.79. The van der Waals surface area contributed by atoms with Crippen molar-refractivity contribution in [1.82, 2.24) is 25.4 Å². The van der Waals surface area contributed by atoms with E-state index in [1.54, 1.807) is 19.4 Å². The van der Waals surface area contributed by atoms with Gasteiger partial charge in [-0.1, -0.05) is 30.3 Å². The van der Waals surface area contributed by atoms with Crippen molar-refractivity contribution in [2.75, 3.05) is 13.6 Å². The van der Waals surface area contributed by atoms with E-state index in [-0.39, 0.29) is 24.0 Å². The van der Waals surface area contributed by atoms with Crippen LogP contribution < -0.4 is 15.4 Å². The normalized spacial score (nSPS) is 10.9. The Kier molecular flexibility index (Phi) is 9.90. The Labute approximate surface area is 217 Å². The number of halogens is 1. The van der Waals surface area contributed by atoms with Gasteiger partial charge in [0.05, 0.1) is 11.4 Å². The van der Waals surface area contributed by atoms with Gasteiger partial charge in [0, 0.05) is 38.7 Å². The second kappa shape index (κ2) is 13.3. The van der Waals surface area contributed by atoms with Gasteiger partial charge in [-0.2, -0.15) is 5.10 Å². The van der Waals surface area contributed by atoms with E-state index in [0.29, 0.717) is 13.2 Å². The van der Waals surface area contributed by atoms with Gasteiger partial charge in [0.1, 0.15) is 12.4 Å². The van der Waals surface area contributed by atoms with Gasteiger partial charge in [-0.3, -0.25) is 9.98 Å². The summed E-state index contributed by atoms with van der Waals surface area (Å²) in [6.07, 6.45) is 6.40. The maximum absolute atomic E-state index is 5.79. The van der Waals surface area contributed by atoms with Crippen molar-refractivity contribution < 1.29 is 4.74 Å². The molecule has 2 aromatic heterocycles. The molecule has 0 unspecified atom stereocenters. The van der Waals surface area contributed by atoms with Crippen LogP contribution in [0.5, 0.6) is 5.75 Å². The molecule has 2 N–H and O–H groups in total. The van der Waals surface area contributed by atoms with Crippen molar-refractivity contribution in [1.29, 1.82) is 0 Å². The number of rotatable bonds is 9. The first-order valence-corrected chi connectivity index (χ1v) is 11.0. The molecule has 0 saturated heterocycles. The summed E-state index contributed by atoms with van der Waals surface area (Å²) < 4.78 is 7.65. The van der Waals surface area contributed by atoms with Gasteiger partial charge in [-0.15, -0.1) is 24.0 Å². The molecule has 34 heavy (non-hydrogen) atoms. The summed E-state index contributed by atoms with van der Waals surface area (Å²) in [5.41, 5.74) is 4.38.